The summed E-state index contributed by atoms with van der Waals surface area (Å²) in [5.41, 5.74) is 1.26. The molecule has 0 bridgehead atoms. The van der Waals surface area contributed by atoms with Gasteiger partial charge in [-0.05, 0) is 39.2 Å². The van der Waals surface area contributed by atoms with E-state index >= 15 is 0 Å². The maximum atomic E-state index is 12.2. The third kappa shape index (κ3) is 5.38. The monoisotopic (exact) mass is 394 g/mol. The second kappa shape index (κ2) is 9.64. The van der Waals surface area contributed by atoms with E-state index in [1.54, 1.807) is 6.92 Å². The van der Waals surface area contributed by atoms with E-state index < -0.39 is 5.97 Å². The molecule has 2 rings (SSSR count). The van der Waals surface area contributed by atoms with Gasteiger partial charge < -0.3 is 10.1 Å². The molecule has 1 saturated heterocycles. The van der Waals surface area contributed by atoms with E-state index in [4.69, 9.17) is 4.74 Å². The van der Waals surface area contributed by atoms with Gasteiger partial charge in [0.15, 0.2) is 0 Å². The summed E-state index contributed by atoms with van der Waals surface area (Å²) in [7, 11) is 0. The molecule has 0 unspecified atom stereocenters. The molecular weight excluding hydrogens is 368 g/mol. The van der Waals surface area contributed by atoms with Crippen LogP contribution in [0.1, 0.15) is 66.2 Å². The van der Waals surface area contributed by atoms with E-state index in [2.05, 4.69) is 5.32 Å². The minimum absolute atomic E-state index is 0.104. The summed E-state index contributed by atoms with van der Waals surface area (Å²) in [6.07, 6.45) is 3.03. The number of thiophene rings is 1. The Labute approximate surface area is 163 Å². The molecule has 0 atom stereocenters. The van der Waals surface area contributed by atoms with Crippen LogP contribution >= 0.6 is 11.3 Å². The molecule has 1 aliphatic heterocycles. The molecule has 148 valence electrons. The molecule has 0 aromatic carbocycles. The lowest BCUT2D eigenvalue weighted by Gasteiger charge is -2.13. The van der Waals surface area contributed by atoms with Crippen molar-refractivity contribution in [1.82, 2.24) is 4.90 Å². The van der Waals surface area contributed by atoms with Crippen molar-refractivity contribution >= 4 is 40.0 Å². The fraction of sp³-hybridized carbons (Fsp3) is 0.579. The van der Waals surface area contributed by atoms with Crippen molar-refractivity contribution < 1.29 is 23.9 Å². The molecule has 7 nitrogen and oxygen atoms in total. The summed E-state index contributed by atoms with van der Waals surface area (Å²) in [6, 6.07) is 0. The maximum Gasteiger partial charge on any atom is 0.341 e. The highest BCUT2D eigenvalue weighted by molar-refractivity contribution is 7.16. The second-order valence-corrected chi connectivity index (χ2v) is 7.73. The molecule has 0 aliphatic carbocycles. The number of imide groups is 1. The smallest absolute Gasteiger partial charge is 0.341 e. The summed E-state index contributed by atoms with van der Waals surface area (Å²) < 4.78 is 5.08. The molecule has 1 aromatic heterocycles. The minimum atomic E-state index is -0.422. The first-order chi connectivity index (χ1) is 12.8. The average Bonchev–Trinajstić information content (AvgIpc) is 3.07. The third-order valence-electron chi connectivity index (χ3n) is 4.56. The highest BCUT2D eigenvalue weighted by Gasteiger charge is 2.28. The van der Waals surface area contributed by atoms with Gasteiger partial charge in [0.1, 0.15) is 5.00 Å². The van der Waals surface area contributed by atoms with Crippen LogP contribution in [-0.2, 0) is 19.1 Å². The maximum absolute atomic E-state index is 12.2. The molecule has 0 saturated carbocycles. The molecule has 27 heavy (non-hydrogen) atoms. The van der Waals surface area contributed by atoms with Crippen molar-refractivity contribution in [3.8, 4) is 0 Å². The molecule has 8 heteroatoms. The Kier molecular flexibility index (Phi) is 7.53. The van der Waals surface area contributed by atoms with Crippen molar-refractivity contribution in [2.45, 2.75) is 59.3 Å². The van der Waals surface area contributed by atoms with Crippen molar-refractivity contribution in [3.05, 3.63) is 16.0 Å². The number of amides is 3. The molecule has 1 N–H and O–H groups in total. The topological polar surface area (TPSA) is 92.8 Å². The molecule has 1 aliphatic rings. The molecular formula is C19H26N2O5S. The number of anilines is 1. The molecule has 0 spiro atoms. The zero-order valence-corrected chi connectivity index (χ0v) is 16.9. The van der Waals surface area contributed by atoms with Gasteiger partial charge in [0.25, 0.3) is 0 Å². The predicted molar refractivity (Wildman–Crippen MR) is 103 cm³/mol. The quantitative estimate of drug-likeness (QED) is 0.394. The van der Waals surface area contributed by atoms with Crippen LogP contribution in [0.2, 0.25) is 0 Å². The van der Waals surface area contributed by atoms with E-state index in [0.717, 1.165) is 16.9 Å². The minimum Gasteiger partial charge on any atom is -0.462 e. The highest BCUT2D eigenvalue weighted by Crippen LogP contribution is 2.33. The number of hydrogen-bond acceptors (Lipinski definition) is 6. The fourth-order valence-electron chi connectivity index (χ4n) is 2.96. The van der Waals surface area contributed by atoms with Crippen molar-refractivity contribution in [2.24, 2.45) is 0 Å². The molecule has 1 fully saturated rings. The lowest BCUT2D eigenvalue weighted by atomic mass is 10.1. The van der Waals surface area contributed by atoms with Crippen LogP contribution in [0, 0.1) is 13.8 Å². The molecule has 0 radical (unpaired) electrons. The van der Waals surface area contributed by atoms with Crippen molar-refractivity contribution in [2.75, 3.05) is 18.5 Å². The normalized spacial score (nSPS) is 14.0. The number of ether oxygens (including phenoxy) is 1. The molecule has 1 aromatic rings. The predicted octanol–water partition coefficient (Wildman–Crippen LogP) is 3.19. The van der Waals surface area contributed by atoms with E-state index in [-0.39, 0.29) is 24.3 Å². The Morgan fingerprint density at radius 3 is 2.41 bits per heavy atom. The van der Waals surface area contributed by atoms with Gasteiger partial charge in [-0.25, -0.2) is 4.79 Å². The highest BCUT2D eigenvalue weighted by atomic mass is 32.1. The van der Waals surface area contributed by atoms with Gasteiger partial charge in [-0.2, -0.15) is 0 Å². The van der Waals surface area contributed by atoms with E-state index in [0.29, 0.717) is 49.2 Å². The first-order valence-corrected chi connectivity index (χ1v) is 10.1. The van der Waals surface area contributed by atoms with Crippen molar-refractivity contribution in [1.29, 1.82) is 0 Å². The molecule has 2 heterocycles. The third-order valence-corrected chi connectivity index (χ3v) is 5.68. The lowest BCUT2D eigenvalue weighted by Crippen LogP contribution is -2.29. The number of carbonyl (C=O) groups excluding carboxylic acids is 4. The van der Waals surface area contributed by atoms with Gasteiger partial charge in [0.05, 0.1) is 12.2 Å². The van der Waals surface area contributed by atoms with Gasteiger partial charge in [0.2, 0.25) is 17.7 Å². The Balaban J connectivity index is 1.79. The summed E-state index contributed by atoms with van der Waals surface area (Å²) in [6.45, 7) is 6.19. The number of aryl methyl sites for hydroxylation is 1. The summed E-state index contributed by atoms with van der Waals surface area (Å²) in [5, 5.41) is 3.35. The van der Waals surface area contributed by atoms with E-state index in [1.165, 1.54) is 16.2 Å². The number of likely N-dealkylation sites (tertiary alicyclic amines) is 1. The van der Waals surface area contributed by atoms with Crippen LogP contribution < -0.4 is 5.32 Å². The van der Waals surface area contributed by atoms with E-state index in [1.807, 2.05) is 13.8 Å². The number of esters is 1. The number of hydrogen-bond donors (Lipinski definition) is 1. The summed E-state index contributed by atoms with van der Waals surface area (Å²) >= 11 is 1.37. The fourth-order valence-corrected chi connectivity index (χ4v) is 4.02. The van der Waals surface area contributed by atoms with Crippen LogP contribution in [0.3, 0.4) is 0 Å². The first-order valence-electron chi connectivity index (χ1n) is 9.25. The Bertz CT molecular complexity index is 725. The van der Waals surface area contributed by atoms with Crippen molar-refractivity contribution in [3.63, 3.8) is 0 Å². The average molecular weight is 394 g/mol. The van der Waals surface area contributed by atoms with Crippen LogP contribution in [0.25, 0.3) is 0 Å². The van der Waals surface area contributed by atoms with Crippen LogP contribution in [0.4, 0.5) is 5.00 Å². The zero-order chi connectivity index (χ0) is 20.0. The number of nitrogens with zero attached hydrogens (tertiary/aromatic N) is 1. The van der Waals surface area contributed by atoms with E-state index in [9.17, 15) is 19.2 Å². The summed E-state index contributed by atoms with van der Waals surface area (Å²) in [5.74, 6) is -0.787. The SMILES string of the molecule is CCOC(=O)c1c(NC(=O)CCCCCN2C(=O)CCC2=O)sc(C)c1C. The Morgan fingerprint density at radius 2 is 1.78 bits per heavy atom. The van der Waals surface area contributed by atoms with Crippen LogP contribution in [0.15, 0.2) is 0 Å². The van der Waals surface area contributed by atoms with Gasteiger partial charge in [0, 0.05) is 30.7 Å². The Morgan fingerprint density at radius 1 is 1.11 bits per heavy atom. The molecule has 3 amide bonds. The number of carbonyl (C=O) groups is 4. The standard InChI is InChI=1S/C19H26N2O5S/c1-4-26-19(25)17-12(2)13(3)27-18(17)20-14(22)8-6-5-7-11-21-15(23)9-10-16(21)24/h4-11H2,1-3H3,(H,20,22). The van der Waals surface area contributed by atoms with Gasteiger partial charge in [-0.1, -0.05) is 6.42 Å². The number of nitrogens with one attached hydrogen (secondary N) is 1. The number of rotatable bonds is 9. The first kappa shape index (κ1) is 21.1. The largest absolute Gasteiger partial charge is 0.462 e. The summed E-state index contributed by atoms with van der Waals surface area (Å²) in [4.78, 5) is 49.7. The van der Waals surface area contributed by atoms with Gasteiger partial charge in [-0.15, -0.1) is 11.3 Å². The lowest BCUT2D eigenvalue weighted by molar-refractivity contribution is -0.138. The van der Waals surface area contributed by atoms with Gasteiger partial charge >= 0.3 is 5.97 Å². The Hall–Kier alpha value is -2.22. The second-order valence-electron chi connectivity index (χ2n) is 6.51. The van der Waals surface area contributed by atoms with Crippen LogP contribution in [0.5, 0.6) is 0 Å². The zero-order valence-electron chi connectivity index (χ0n) is 16.1. The van der Waals surface area contributed by atoms with Gasteiger partial charge in [-0.3, -0.25) is 19.3 Å². The number of unbranched alkanes of at least 4 members (excludes halogenated alkanes) is 2. The van der Waals surface area contributed by atoms with Crippen LogP contribution in [-0.4, -0.2) is 41.7 Å².